The second kappa shape index (κ2) is 8.39. The lowest BCUT2D eigenvalue weighted by Gasteiger charge is -2.08. The molecule has 0 unspecified atom stereocenters. The summed E-state index contributed by atoms with van der Waals surface area (Å²) in [5, 5.41) is 10.9. The minimum atomic E-state index is -0.463. The number of rotatable bonds is 6. The first-order chi connectivity index (χ1) is 14.6. The summed E-state index contributed by atoms with van der Waals surface area (Å²) in [7, 11) is 0. The molecule has 0 aliphatic carbocycles. The lowest BCUT2D eigenvalue weighted by Crippen LogP contribution is -2.41. The normalized spacial score (nSPS) is 10.8. The summed E-state index contributed by atoms with van der Waals surface area (Å²) >= 11 is 0. The third-order valence-corrected chi connectivity index (χ3v) is 4.42. The Kier molecular flexibility index (Phi) is 5.33. The molecule has 2 N–H and O–H groups in total. The van der Waals surface area contributed by atoms with Gasteiger partial charge in [0.15, 0.2) is 5.58 Å². The first-order valence-electron chi connectivity index (χ1n) is 9.13. The third-order valence-electron chi connectivity index (χ3n) is 4.42. The van der Waals surface area contributed by atoms with E-state index < -0.39 is 11.7 Å². The highest BCUT2D eigenvalue weighted by Gasteiger charge is 2.11. The van der Waals surface area contributed by atoms with Gasteiger partial charge in [0.2, 0.25) is 5.91 Å². The smallest absolute Gasteiger partial charge is 0.408 e. The van der Waals surface area contributed by atoms with Crippen molar-refractivity contribution in [1.29, 1.82) is 0 Å². The van der Waals surface area contributed by atoms with Crippen molar-refractivity contribution in [3.05, 3.63) is 71.0 Å². The Bertz CT molecular complexity index is 1230. The van der Waals surface area contributed by atoms with Crippen LogP contribution in [0.2, 0.25) is 0 Å². The van der Waals surface area contributed by atoms with Crippen LogP contribution >= 0.6 is 0 Å². The number of hydrogen-bond acceptors (Lipinski definition) is 7. The van der Waals surface area contributed by atoms with Crippen molar-refractivity contribution >= 4 is 22.9 Å². The van der Waals surface area contributed by atoms with E-state index >= 15 is 0 Å². The molecule has 30 heavy (non-hydrogen) atoms. The minimum Gasteiger partial charge on any atom is -0.408 e. The maximum absolute atomic E-state index is 12.2. The predicted molar refractivity (Wildman–Crippen MR) is 104 cm³/mol. The topological polar surface area (TPSA) is 137 Å². The lowest BCUT2D eigenvalue weighted by atomic mass is 10.2. The van der Waals surface area contributed by atoms with Crippen molar-refractivity contribution < 1.29 is 14.0 Å². The molecule has 0 aliphatic rings. The van der Waals surface area contributed by atoms with Crippen LogP contribution in [-0.4, -0.2) is 36.6 Å². The largest absolute Gasteiger partial charge is 0.419 e. The van der Waals surface area contributed by atoms with Gasteiger partial charge in [-0.2, -0.15) is 0 Å². The van der Waals surface area contributed by atoms with Gasteiger partial charge in [-0.3, -0.25) is 25.0 Å². The molecule has 11 nitrogen and oxygen atoms in total. The molecule has 0 atom stereocenters. The Morgan fingerprint density at radius 1 is 1.03 bits per heavy atom. The molecule has 2 amide bonds. The van der Waals surface area contributed by atoms with Gasteiger partial charge in [-0.25, -0.2) is 9.48 Å². The van der Waals surface area contributed by atoms with Crippen LogP contribution in [0.15, 0.2) is 64.1 Å². The number of aryl methyl sites for hydroxylation is 1. The predicted octanol–water partition coefficient (Wildman–Crippen LogP) is 0.812. The average Bonchev–Trinajstić information content (AvgIpc) is 3.40. The first kappa shape index (κ1) is 19.1. The summed E-state index contributed by atoms with van der Waals surface area (Å²) in [6, 6.07) is 13.6. The molecule has 152 valence electrons. The highest BCUT2D eigenvalue weighted by molar-refractivity contribution is 5.95. The van der Waals surface area contributed by atoms with Crippen molar-refractivity contribution in [3.63, 3.8) is 0 Å². The highest BCUT2D eigenvalue weighted by Crippen LogP contribution is 2.12. The molecule has 0 radical (unpaired) electrons. The van der Waals surface area contributed by atoms with Crippen LogP contribution in [0.4, 0.5) is 0 Å². The molecule has 0 saturated carbocycles. The number of hydrazine groups is 1. The standard InChI is InChI=1S/C19H17N7O4/c27-17(6-3-11-25-15-4-1-2-5-16(15)30-19(25)29)21-22-18(28)13-7-9-14(10-8-13)26-12-20-23-24-26/h1-2,4-5,7-10,12H,3,6,11H2,(H,21,27)(H,22,28). The van der Waals surface area contributed by atoms with Gasteiger partial charge in [0.05, 0.1) is 11.2 Å². The number of oxazole rings is 1. The van der Waals surface area contributed by atoms with E-state index in [1.54, 1.807) is 42.5 Å². The van der Waals surface area contributed by atoms with Crippen LogP contribution in [0.5, 0.6) is 0 Å². The number of tetrazole rings is 1. The molecule has 0 fully saturated rings. The van der Waals surface area contributed by atoms with Gasteiger partial charge in [-0.05, 0) is 53.2 Å². The van der Waals surface area contributed by atoms with E-state index in [9.17, 15) is 14.4 Å². The van der Waals surface area contributed by atoms with Crippen LogP contribution in [0.1, 0.15) is 23.2 Å². The quantitative estimate of drug-likeness (QED) is 0.451. The highest BCUT2D eigenvalue weighted by atomic mass is 16.4. The summed E-state index contributed by atoms with van der Waals surface area (Å²) in [6.45, 7) is 0.329. The van der Waals surface area contributed by atoms with Crippen LogP contribution < -0.4 is 16.6 Å². The number of hydrogen-bond donors (Lipinski definition) is 2. The summed E-state index contributed by atoms with van der Waals surface area (Å²) in [6.07, 6.45) is 1.98. The van der Waals surface area contributed by atoms with E-state index in [4.69, 9.17) is 4.42 Å². The molecule has 4 aromatic rings. The van der Waals surface area contributed by atoms with Crippen LogP contribution in [-0.2, 0) is 11.3 Å². The third kappa shape index (κ3) is 4.09. The van der Waals surface area contributed by atoms with Gasteiger partial charge >= 0.3 is 5.76 Å². The van der Waals surface area contributed by atoms with E-state index in [1.807, 2.05) is 6.07 Å². The van der Waals surface area contributed by atoms with Crippen molar-refractivity contribution in [2.24, 2.45) is 0 Å². The van der Waals surface area contributed by atoms with Crippen LogP contribution in [0, 0.1) is 0 Å². The molecule has 11 heteroatoms. The molecule has 0 aliphatic heterocycles. The summed E-state index contributed by atoms with van der Waals surface area (Å²) in [5.41, 5.74) is 6.98. The van der Waals surface area contributed by atoms with E-state index in [-0.39, 0.29) is 12.3 Å². The summed E-state index contributed by atoms with van der Waals surface area (Å²) in [4.78, 5) is 36.1. The van der Waals surface area contributed by atoms with E-state index in [2.05, 4.69) is 26.4 Å². The Morgan fingerprint density at radius 2 is 1.83 bits per heavy atom. The average molecular weight is 407 g/mol. The maximum Gasteiger partial charge on any atom is 0.419 e. The minimum absolute atomic E-state index is 0.129. The van der Waals surface area contributed by atoms with Gasteiger partial charge in [0.25, 0.3) is 5.91 Å². The van der Waals surface area contributed by atoms with Crippen LogP contribution in [0.3, 0.4) is 0 Å². The maximum atomic E-state index is 12.2. The molecule has 2 aromatic heterocycles. The second-order valence-electron chi connectivity index (χ2n) is 6.39. The Balaban J connectivity index is 1.26. The Morgan fingerprint density at radius 3 is 2.60 bits per heavy atom. The van der Waals surface area contributed by atoms with Gasteiger partial charge in [-0.1, -0.05) is 12.1 Å². The molecule has 0 saturated heterocycles. The number of fused-ring (bicyclic) bond motifs is 1. The van der Waals surface area contributed by atoms with Gasteiger partial charge in [0.1, 0.15) is 6.33 Å². The number of benzene rings is 2. The molecular weight excluding hydrogens is 390 g/mol. The number of carbonyl (C=O) groups is 2. The zero-order valence-electron chi connectivity index (χ0n) is 15.7. The molecule has 0 spiro atoms. The summed E-state index contributed by atoms with van der Waals surface area (Å²) in [5.74, 6) is -1.28. The lowest BCUT2D eigenvalue weighted by molar-refractivity contribution is -0.122. The zero-order chi connectivity index (χ0) is 20.9. The molecule has 2 aromatic carbocycles. The SMILES string of the molecule is O=C(CCCn1c(=O)oc2ccccc21)NNC(=O)c1ccc(-n2cnnn2)cc1. The number of aromatic nitrogens is 5. The summed E-state index contributed by atoms with van der Waals surface area (Å²) < 4.78 is 8.09. The monoisotopic (exact) mass is 407 g/mol. The first-order valence-corrected chi connectivity index (χ1v) is 9.13. The number of para-hydroxylation sites is 2. The molecule has 2 heterocycles. The second-order valence-corrected chi connectivity index (χ2v) is 6.39. The zero-order valence-corrected chi connectivity index (χ0v) is 15.7. The number of nitrogens with zero attached hydrogens (tertiary/aromatic N) is 5. The van der Waals surface area contributed by atoms with Crippen molar-refractivity contribution in [3.8, 4) is 5.69 Å². The Hall–Kier alpha value is -4.28. The van der Waals surface area contributed by atoms with Crippen molar-refractivity contribution in [2.75, 3.05) is 0 Å². The fourth-order valence-electron chi connectivity index (χ4n) is 2.93. The molecular formula is C19H17N7O4. The van der Waals surface area contributed by atoms with E-state index in [1.165, 1.54) is 15.6 Å². The number of carbonyl (C=O) groups excluding carboxylic acids is 2. The van der Waals surface area contributed by atoms with Gasteiger partial charge in [-0.15, -0.1) is 5.10 Å². The van der Waals surface area contributed by atoms with Gasteiger partial charge < -0.3 is 4.42 Å². The fraction of sp³-hybridized carbons (Fsp3) is 0.158. The van der Waals surface area contributed by atoms with Crippen LogP contribution in [0.25, 0.3) is 16.8 Å². The number of nitrogens with one attached hydrogen (secondary N) is 2. The Labute approximate surface area is 169 Å². The van der Waals surface area contributed by atoms with Crippen molar-refractivity contribution in [1.82, 2.24) is 35.6 Å². The van der Waals surface area contributed by atoms with Gasteiger partial charge in [0, 0.05) is 18.5 Å². The molecule has 4 rings (SSSR count). The van der Waals surface area contributed by atoms with E-state index in [0.29, 0.717) is 35.3 Å². The van der Waals surface area contributed by atoms with E-state index in [0.717, 1.165) is 0 Å². The number of amides is 2. The molecule has 0 bridgehead atoms. The fourth-order valence-corrected chi connectivity index (χ4v) is 2.93. The van der Waals surface area contributed by atoms with Crippen molar-refractivity contribution in [2.45, 2.75) is 19.4 Å².